The molecule has 8 heteroatoms. The van der Waals surface area contributed by atoms with Crippen molar-refractivity contribution in [3.8, 4) is 0 Å². The molecule has 6 N–H and O–H groups in total. The molecule has 0 saturated heterocycles. The van der Waals surface area contributed by atoms with Crippen LogP contribution in [0.1, 0.15) is 43.9 Å². The quantitative estimate of drug-likeness (QED) is 0.207. The van der Waals surface area contributed by atoms with Crippen molar-refractivity contribution in [1.82, 2.24) is 9.97 Å². The fourth-order valence-corrected chi connectivity index (χ4v) is 3.89. The molecule has 0 saturated carbocycles. The number of para-hydroxylation sites is 1. The summed E-state index contributed by atoms with van der Waals surface area (Å²) in [4.78, 5) is 32.8. The average Bonchev–Trinajstić information content (AvgIpc) is 3.53. The summed E-state index contributed by atoms with van der Waals surface area (Å²) in [7, 11) is 0. The molecule has 174 valence electrons. The van der Waals surface area contributed by atoms with Crippen molar-refractivity contribution in [3.05, 3.63) is 114 Å². The molecule has 1 atom stereocenters. The van der Waals surface area contributed by atoms with Crippen LogP contribution in [0.25, 0.3) is 10.9 Å². The summed E-state index contributed by atoms with van der Waals surface area (Å²) < 4.78 is 5.49. The van der Waals surface area contributed by atoms with Gasteiger partial charge in [-0.15, -0.1) is 0 Å². The standard InChI is InChI=1S/C27H23N5O3/c28-19-9-5-16(6-10-19)25(33)17-7-11-20(12-8-17)31-26(34)24-15-35-27(32-24)22(29)13-18-14-30-23-4-2-1-3-21(18)23/h1-12,14-15,22,30H,13,28-29H2,(H,31,34). The Labute approximate surface area is 201 Å². The molecule has 0 fully saturated rings. The number of carbonyl (C=O) groups excluding carboxylic acids is 2. The number of nitrogen functional groups attached to an aromatic ring is 1. The van der Waals surface area contributed by atoms with E-state index in [1.165, 1.54) is 6.26 Å². The predicted octanol–water partition coefficient (Wildman–Crippen LogP) is 4.46. The summed E-state index contributed by atoms with van der Waals surface area (Å²) in [6, 6.07) is 20.8. The Morgan fingerprint density at radius 1 is 0.971 bits per heavy atom. The minimum Gasteiger partial charge on any atom is -0.446 e. The highest BCUT2D eigenvalue weighted by molar-refractivity contribution is 6.09. The molecular formula is C27H23N5O3. The molecule has 0 aliphatic carbocycles. The lowest BCUT2D eigenvalue weighted by atomic mass is 10.0. The fourth-order valence-electron chi connectivity index (χ4n) is 3.89. The van der Waals surface area contributed by atoms with Crippen LogP contribution < -0.4 is 16.8 Å². The molecule has 1 amide bonds. The first-order chi connectivity index (χ1) is 17.0. The molecule has 0 spiro atoms. The highest BCUT2D eigenvalue weighted by Gasteiger charge is 2.19. The molecule has 5 rings (SSSR count). The van der Waals surface area contributed by atoms with Crippen LogP contribution >= 0.6 is 0 Å². The van der Waals surface area contributed by atoms with Gasteiger partial charge in [-0.3, -0.25) is 9.59 Å². The topological polar surface area (TPSA) is 140 Å². The first-order valence-electron chi connectivity index (χ1n) is 11.1. The number of anilines is 2. The number of hydrogen-bond donors (Lipinski definition) is 4. The van der Waals surface area contributed by atoms with Gasteiger partial charge in [0.15, 0.2) is 11.5 Å². The third kappa shape index (κ3) is 4.68. The summed E-state index contributed by atoms with van der Waals surface area (Å²) in [5, 5.41) is 3.85. The van der Waals surface area contributed by atoms with E-state index < -0.39 is 11.9 Å². The molecule has 8 nitrogen and oxygen atoms in total. The van der Waals surface area contributed by atoms with E-state index in [9.17, 15) is 9.59 Å². The zero-order valence-electron chi connectivity index (χ0n) is 18.7. The molecule has 0 radical (unpaired) electrons. The van der Waals surface area contributed by atoms with Gasteiger partial charge >= 0.3 is 0 Å². The SMILES string of the molecule is Nc1ccc(C(=O)c2ccc(NC(=O)c3coc(C(N)Cc4c[nH]c5ccccc45)n3)cc2)cc1. The van der Waals surface area contributed by atoms with Crippen molar-refractivity contribution in [2.24, 2.45) is 5.73 Å². The number of nitrogens with two attached hydrogens (primary N) is 2. The van der Waals surface area contributed by atoms with Crippen LogP contribution in [0.15, 0.2) is 89.7 Å². The molecule has 1 unspecified atom stereocenters. The number of hydrogen-bond acceptors (Lipinski definition) is 6. The summed E-state index contributed by atoms with van der Waals surface area (Å²) in [6.07, 6.45) is 3.72. The van der Waals surface area contributed by atoms with Crippen molar-refractivity contribution in [2.45, 2.75) is 12.5 Å². The molecule has 35 heavy (non-hydrogen) atoms. The summed E-state index contributed by atoms with van der Waals surface area (Å²) >= 11 is 0. The lowest BCUT2D eigenvalue weighted by molar-refractivity contribution is 0.101. The van der Waals surface area contributed by atoms with Crippen LogP contribution in [-0.4, -0.2) is 21.7 Å². The first-order valence-corrected chi connectivity index (χ1v) is 11.1. The normalized spacial score (nSPS) is 11.9. The number of aromatic amines is 1. The van der Waals surface area contributed by atoms with Crippen LogP contribution in [0.5, 0.6) is 0 Å². The monoisotopic (exact) mass is 465 g/mol. The van der Waals surface area contributed by atoms with Crippen molar-refractivity contribution in [1.29, 1.82) is 0 Å². The highest BCUT2D eigenvalue weighted by atomic mass is 16.3. The fraction of sp³-hybridized carbons (Fsp3) is 0.0741. The molecule has 0 aliphatic rings. The van der Waals surface area contributed by atoms with E-state index in [1.54, 1.807) is 48.5 Å². The first kappa shape index (κ1) is 22.1. The number of amides is 1. The van der Waals surface area contributed by atoms with E-state index in [1.807, 2.05) is 30.5 Å². The third-order valence-electron chi connectivity index (χ3n) is 5.76. The Morgan fingerprint density at radius 2 is 1.66 bits per heavy atom. The van der Waals surface area contributed by atoms with Gasteiger partial charge in [0.05, 0.1) is 6.04 Å². The Morgan fingerprint density at radius 3 is 2.40 bits per heavy atom. The second kappa shape index (κ2) is 9.28. The van der Waals surface area contributed by atoms with Gasteiger partial charge in [0, 0.05) is 39.6 Å². The van der Waals surface area contributed by atoms with E-state index in [0.29, 0.717) is 28.9 Å². The molecule has 5 aromatic rings. The number of carbonyl (C=O) groups is 2. The number of nitrogens with one attached hydrogen (secondary N) is 2. The predicted molar refractivity (Wildman–Crippen MR) is 134 cm³/mol. The van der Waals surface area contributed by atoms with Crippen LogP contribution in [0.3, 0.4) is 0 Å². The maximum Gasteiger partial charge on any atom is 0.277 e. The molecule has 2 aromatic heterocycles. The zero-order chi connectivity index (χ0) is 24.4. The number of ketones is 1. The number of nitrogens with zero attached hydrogens (tertiary/aromatic N) is 1. The summed E-state index contributed by atoms with van der Waals surface area (Å²) in [5.41, 5.74) is 16.3. The summed E-state index contributed by atoms with van der Waals surface area (Å²) in [6.45, 7) is 0. The van der Waals surface area contributed by atoms with Crippen molar-refractivity contribution in [3.63, 3.8) is 0 Å². The lowest BCUT2D eigenvalue weighted by Crippen LogP contribution is -2.16. The number of benzene rings is 3. The van der Waals surface area contributed by atoms with Crippen LogP contribution in [0.2, 0.25) is 0 Å². The largest absolute Gasteiger partial charge is 0.446 e. The van der Waals surface area contributed by atoms with E-state index in [4.69, 9.17) is 15.9 Å². The second-order valence-corrected chi connectivity index (χ2v) is 8.22. The maximum absolute atomic E-state index is 12.7. The van der Waals surface area contributed by atoms with Gasteiger partial charge in [0.1, 0.15) is 6.26 Å². The van der Waals surface area contributed by atoms with E-state index in [-0.39, 0.29) is 17.4 Å². The maximum atomic E-state index is 12.7. The molecular weight excluding hydrogens is 442 g/mol. The van der Waals surface area contributed by atoms with E-state index in [0.717, 1.165) is 16.5 Å². The minimum absolute atomic E-state index is 0.122. The third-order valence-corrected chi connectivity index (χ3v) is 5.76. The zero-order valence-corrected chi connectivity index (χ0v) is 18.7. The molecule has 3 aromatic carbocycles. The average molecular weight is 466 g/mol. The highest BCUT2D eigenvalue weighted by Crippen LogP contribution is 2.23. The van der Waals surface area contributed by atoms with Crippen LogP contribution in [0, 0.1) is 0 Å². The Bertz CT molecular complexity index is 1500. The second-order valence-electron chi connectivity index (χ2n) is 8.22. The van der Waals surface area contributed by atoms with E-state index in [2.05, 4.69) is 15.3 Å². The number of H-pyrrole nitrogens is 1. The van der Waals surface area contributed by atoms with Gasteiger partial charge in [0.2, 0.25) is 5.89 Å². The molecule has 0 bridgehead atoms. The van der Waals surface area contributed by atoms with Gasteiger partial charge < -0.3 is 26.2 Å². The number of oxazole rings is 1. The minimum atomic E-state index is -0.505. The van der Waals surface area contributed by atoms with Crippen molar-refractivity contribution < 1.29 is 14.0 Å². The number of rotatable bonds is 7. The van der Waals surface area contributed by atoms with Gasteiger partial charge in [0.25, 0.3) is 5.91 Å². The number of aromatic nitrogens is 2. The van der Waals surface area contributed by atoms with Crippen molar-refractivity contribution in [2.75, 3.05) is 11.1 Å². The van der Waals surface area contributed by atoms with Gasteiger partial charge in [-0.05, 0) is 66.6 Å². The Hall–Kier alpha value is -4.69. The molecule has 0 aliphatic heterocycles. The van der Waals surface area contributed by atoms with E-state index >= 15 is 0 Å². The smallest absolute Gasteiger partial charge is 0.277 e. The Kier molecular flexibility index (Phi) is 5.87. The summed E-state index contributed by atoms with van der Waals surface area (Å²) in [5.74, 6) is -0.282. The lowest BCUT2D eigenvalue weighted by Gasteiger charge is -2.07. The van der Waals surface area contributed by atoms with Crippen LogP contribution in [-0.2, 0) is 6.42 Å². The van der Waals surface area contributed by atoms with Gasteiger partial charge in [-0.1, -0.05) is 18.2 Å². The van der Waals surface area contributed by atoms with Gasteiger partial charge in [-0.25, -0.2) is 4.98 Å². The van der Waals surface area contributed by atoms with Crippen LogP contribution in [0.4, 0.5) is 11.4 Å². The van der Waals surface area contributed by atoms with Crippen molar-refractivity contribution >= 4 is 34.0 Å². The number of fused-ring (bicyclic) bond motifs is 1. The Balaban J connectivity index is 1.23. The molecule has 2 heterocycles. The van der Waals surface area contributed by atoms with Gasteiger partial charge in [-0.2, -0.15) is 0 Å².